The van der Waals surface area contributed by atoms with Gasteiger partial charge in [0.1, 0.15) is 6.10 Å². The molecule has 1 aromatic rings. The summed E-state index contributed by atoms with van der Waals surface area (Å²) in [7, 11) is 2.19. The Morgan fingerprint density at radius 1 is 1.19 bits per heavy atom. The van der Waals surface area contributed by atoms with Crippen molar-refractivity contribution >= 4 is 11.8 Å². The number of piperidine rings is 1. The predicted octanol–water partition coefficient (Wildman–Crippen LogP) is 3.48. The van der Waals surface area contributed by atoms with Crippen LogP contribution in [0, 0.1) is 13.8 Å². The van der Waals surface area contributed by atoms with Crippen LogP contribution in [-0.4, -0.2) is 36.2 Å². The molecule has 4 nitrogen and oxygen atoms in total. The Balaban J connectivity index is 1.60. The number of carbonyl (C=O) groups excluding carboxylic acids is 1. The molecule has 4 heteroatoms. The number of para-hydroxylation sites is 1. The van der Waals surface area contributed by atoms with Crippen LogP contribution in [0.4, 0.5) is 10.5 Å². The quantitative estimate of drug-likeness (QED) is 0.906. The van der Waals surface area contributed by atoms with E-state index in [0.717, 1.165) is 29.7 Å². The van der Waals surface area contributed by atoms with Gasteiger partial charge in [0.25, 0.3) is 0 Å². The van der Waals surface area contributed by atoms with Gasteiger partial charge in [-0.1, -0.05) is 18.2 Å². The number of nitrogens with one attached hydrogen (secondary N) is 1. The largest absolute Gasteiger partial charge is 0.446 e. The molecule has 2 heterocycles. The molecule has 0 aromatic heterocycles. The van der Waals surface area contributed by atoms with Crippen molar-refractivity contribution in [3.05, 3.63) is 29.3 Å². The third-order valence-electron chi connectivity index (χ3n) is 5.04. The van der Waals surface area contributed by atoms with Gasteiger partial charge in [-0.25, -0.2) is 4.79 Å². The summed E-state index contributed by atoms with van der Waals surface area (Å²) in [5.41, 5.74) is 3.00. The first-order valence-electron chi connectivity index (χ1n) is 7.80. The van der Waals surface area contributed by atoms with E-state index in [4.69, 9.17) is 4.74 Å². The van der Waals surface area contributed by atoms with Gasteiger partial charge in [-0.15, -0.1) is 0 Å². The summed E-state index contributed by atoms with van der Waals surface area (Å²) < 4.78 is 5.66. The molecule has 3 rings (SSSR count). The third kappa shape index (κ3) is 2.91. The summed E-state index contributed by atoms with van der Waals surface area (Å²) in [6.07, 6.45) is 4.14. The van der Waals surface area contributed by atoms with E-state index < -0.39 is 0 Å². The lowest BCUT2D eigenvalue weighted by atomic mass is 10.0. The number of aryl methyl sites for hydroxylation is 2. The average molecular weight is 288 g/mol. The second kappa shape index (κ2) is 5.68. The zero-order valence-electron chi connectivity index (χ0n) is 13.1. The summed E-state index contributed by atoms with van der Waals surface area (Å²) in [6, 6.07) is 7.16. The van der Waals surface area contributed by atoms with Gasteiger partial charge in [0.2, 0.25) is 0 Å². The monoisotopic (exact) mass is 288 g/mol. The first kappa shape index (κ1) is 14.4. The highest BCUT2D eigenvalue weighted by atomic mass is 16.6. The van der Waals surface area contributed by atoms with E-state index in [9.17, 15) is 4.79 Å². The molecule has 1 aromatic carbocycles. The topological polar surface area (TPSA) is 41.6 Å². The molecule has 0 aliphatic carbocycles. The molecule has 2 fully saturated rings. The molecule has 3 atom stereocenters. The van der Waals surface area contributed by atoms with Gasteiger partial charge in [0.05, 0.1) is 0 Å². The van der Waals surface area contributed by atoms with Crippen LogP contribution in [-0.2, 0) is 4.74 Å². The van der Waals surface area contributed by atoms with Gasteiger partial charge in [0, 0.05) is 30.6 Å². The van der Waals surface area contributed by atoms with Gasteiger partial charge >= 0.3 is 6.09 Å². The molecule has 0 spiro atoms. The van der Waals surface area contributed by atoms with E-state index in [-0.39, 0.29) is 12.2 Å². The molecule has 2 bridgehead atoms. The van der Waals surface area contributed by atoms with Crippen LogP contribution in [0.2, 0.25) is 0 Å². The summed E-state index contributed by atoms with van der Waals surface area (Å²) in [6.45, 7) is 4.00. The smallest absolute Gasteiger partial charge is 0.411 e. The Hall–Kier alpha value is -1.55. The molecule has 2 saturated heterocycles. The van der Waals surface area contributed by atoms with E-state index in [1.165, 1.54) is 12.8 Å². The first-order valence-corrected chi connectivity index (χ1v) is 7.80. The van der Waals surface area contributed by atoms with Crippen LogP contribution in [0.25, 0.3) is 0 Å². The van der Waals surface area contributed by atoms with Crippen LogP contribution in [0.1, 0.15) is 36.8 Å². The molecule has 1 amide bonds. The lowest BCUT2D eigenvalue weighted by Crippen LogP contribution is -2.43. The minimum atomic E-state index is -0.318. The summed E-state index contributed by atoms with van der Waals surface area (Å²) >= 11 is 0. The Labute approximate surface area is 126 Å². The van der Waals surface area contributed by atoms with E-state index in [2.05, 4.69) is 17.3 Å². The summed E-state index contributed by atoms with van der Waals surface area (Å²) in [5.74, 6) is 0. The van der Waals surface area contributed by atoms with Crippen LogP contribution >= 0.6 is 0 Å². The van der Waals surface area contributed by atoms with Crippen LogP contribution < -0.4 is 5.32 Å². The number of hydrogen-bond donors (Lipinski definition) is 1. The van der Waals surface area contributed by atoms with E-state index in [0.29, 0.717) is 12.1 Å². The van der Waals surface area contributed by atoms with Crippen molar-refractivity contribution in [2.24, 2.45) is 0 Å². The van der Waals surface area contributed by atoms with Crippen molar-refractivity contribution < 1.29 is 9.53 Å². The van der Waals surface area contributed by atoms with Gasteiger partial charge < -0.3 is 9.64 Å². The fourth-order valence-corrected chi connectivity index (χ4v) is 3.75. The Bertz CT molecular complexity index is 509. The summed E-state index contributed by atoms with van der Waals surface area (Å²) in [4.78, 5) is 14.6. The number of anilines is 1. The van der Waals surface area contributed by atoms with Gasteiger partial charge in [0.15, 0.2) is 0 Å². The van der Waals surface area contributed by atoms with Gasteiger partial charge in [-0.3, -0.25) is 5.32 Å². The highest BCUT2D eigenvalue weighted by Gasteiger charge is 2.39. The minimum absolute atomic E-state index is 0.0584. The van der Waals surface area contributed by atoms with Gasteiger partial charge in [-0.2, -0.15) is 0 Å². The molecule has 1 N–H and O–H groups in total. The second-order valence-corrected chi connectivity index (χ2v) is 6.44. The van der Waals surface area contributed by atoms with Crippen molar-refractivity contribution in [1.82, 2.24) is 4.90 Å². The number of fused-ring (bicyclic) bond motifs is 2. The highest BCUT2D eigenvalue weighted by Crippen LogP contribution is 2.35. The van der Waals surface area contributed by atoms with E-state index in [1.54, 1.807) is 0 Å². The normalized spacial score (nSPS) is 28.4. The fraction of sp³-hybridized carbons (Fsp3) is 0.588. The van der Waals surface area contributed by atoms with Crippen LogP contribution in [0.3, 0.4) is 0 Å². The lowest BCUT2D eigenvalue weighted by Gasteiger charge is -2.35. The predicted molar refractivity (Wildman–Crippen MR) is 83.6 cm³/mol. The van der Waals surface area contributed by atoms with Gasteiger partial charge in [-0.05, 0) is 44.9 Å². The number of nitrogens with zero attached hydrogens (tertiary/aromatic N) is 1. The Morgan fingerprint density at radius 3 is 2.33 bits per heavy atom. The maximum absolute atomic E-state index is 12.2. The average Bonchev–Trinajstić information content (AvgIpc) is 2.65. The molecule has 0 saturated carbocycles. The van der Waals surface area contributed by atoms with E-state index >= 15 is 0 Å². The van der Waals surface area contributed by atoms with Crippen molar-refractivity contribution in [1.29, 1.82) is 0 Å². The number of benzene rings is 1. The summed E-state index contributed by atoms with van der Waals surface area (Å²) in [5, 5.41) is 2.91. The molecular formula is C17H24N2O2. The maximum Gasteiger partial charge on any atom is 0.411 e. The Morgan fingerprint density at radius 2 is 1.76 bits per heavy atom. The fourth-order valence-electron chi connectivity index (χ4n) is 3.75. The molecule has 2 aliphatic heterocycles. The molecular weight excluding hydrogens is 264 g/mol. The highest BCUT2D eigenvalue weighted by molar-refractivity contribution is 5.86. The van der Waals surface area contributed by atoms with Crippen LogP contribution in [0.15, 0.2) is 18.2 Å². The van der Waals surface area contributed by atoms with E-state index in [1.807, 2.05) is 32.0 Å². The molecule has 1 unspecified atom stereocenters. The molecule has 0 radical (unpaired) electrons. The molecule has 2 aliphatic rings. The minimum Gasteiger partial charge on any atom is -0.446 e. The van der Waals surface area contributed by atoms with Crippen molar-refractivity contribution in [3.63, 3.8) is 0 Å². The zero-order chi connectivity index (χ0) is 15.0. The number of ether oxygens (including phenoxy) is 1. The number of amides is 1. The zero-order valence-corrected chi connectivity index (χ0v) is 13.1. The second-order valence-electron chi connectivity index (χ2n) is 6.44. The van der Waals surface area contributed by atoms with Crippen molar-refractivity contribution in [2.45, 2.75) is 57.7 Å². The number of carbonyl (C=O) groups is 1. The van der Waals surface area contributed by atoms with Crippen molar-refractivity contribution in [2.75, 3.05) is 12.4 Å². The number of hydrogen-bond acceptors (Lipinski definition) is 3. The molecule has 114 valence electrons. The third-order valence-corrected chi connectivity index (χ3v) is 5.04. The Kier molecular flexibility index (Phi) is 3.89. The molecule has 21 heavy (non-hydrogen) atoms. The SMILES string of the molecule is Cc1cccc(C)c1NC(=O)OC1C[C@H]2CC[C@@H](C1)N2C. The van der Waals surface area contributed by atoms with Crippen molar-refractivity contribution in [3.8, 4) is 0 Å². The lowest BCUT2D eigenvalue weighted by molar-refractivity contribution is 0.0348. The number of rotatable bonds is 2. The van der Waals surface area contributed by atoms with Crippen LogP contribution in [0.5, 0.6) is 0 Å². The maximum atomic E-state index is 12.2. The standard InChI is InChI=1S/C17H24N2O2/c1-11-5-4-6-12(2)16(11)18-17(20)21-15-9-13-7-8-14(10-15)19(13)3/h4-6,13-15H,7-10H2,1-3H3,(H,18,20)/t13-,14+,15?. The first-order chi connectivity index (χ1) is 10.0.